The SMILES string of the molecule is CC/C=C\C/C=C\C/C=C\C/C=C\CCCCCCCCCCCCCCCCCCCCCCCCCCC(=O)OC(COC(=O)CCCCCCC/C=C\CCCC)COC(OCC[N+](C)(C)C)C(=O)[O-]. The first-order chi connectivity index (χ1) is 35.6. The molecule has 0 fully saturated rings. The van der Waals surface area contributed by atoms with Crippen LogP contribution in [0.1, 0.15) is 271 Å². The molecule has 9 heteroatoms. The molecule has 0 spiro atoms. The molecule has 0 amide bonds. The summed E-state index contributed by atoms with van der Waals surface area (Å²) in [5.41, 5.74) is 0. The third kappa shape index (κ3) is 56.6. The molecule has 0 saturated heterocycles. The number of rotatable bonds is 56. The summed E-state index contributed by atoms with van der Waals surface area (Å²) in [6, 6.07) is 0. The third-order valence-corrected chi connectivity index (χ3v) is 13.2. The summed E-state index contributed by atoms with van der Waals surface area (Å²) in [5.74, 6) is -2.28. The fourth-order valence-corrected chi connectivity index (χ4v) is 8.57. The van der Waals surface area contributed by atoms with E-state index in [2.05, 4.69) is 74.6 Å². The smallest absolute Gasteiger partial charge is 0.306 e. The number of nitrogens with zero attached hydrogens (tertiary/aromatic N) is 1. The zero-order chi connectivity index (χ0) is 53.4. The maximum Gasteiger partial charge on any atom is 0.306 e. The molecule has 0 N–H and O–H groups in total. The minimum Gasteiger partial charge on any atom is -0.545 e. The number of unbranched alkanes of at least 4 members (excludes halogenated alkanes) is 31. The number of ether oxygens (including phenoxy) is 4. The van der Waals surface area contributed by atoms with Gasteiger partial charge in [-0.3, -0.25) is 9.59 Å². The highest BCUT2D eigenvalue weighted by Gasteiger charge is 2.22. The molecule has 0 heterocycles. The molecule has 0 saturated carbocycles. The fourth-order valence-electron chi connectivity index (χ4n) is 8.57. The summed E-state index contributed by atoms with van der Waals surface area (Å²) < 4.78 is 22.6. The lowest BCUT2D eigenvalue weighted by Gasteiger charge is -2.26. The molecule has 2 unspecified atom stereocenters. The maximum absolute atomic E-state index is 12.8. The molecule has 0 aromatic rings. The van der Waals surface area contributed by atoms with Crippen molar-refractivity contribution in [1.82, 2.24) is 0 Å². The van der Waals surface area contributed by atoms with E-state index in [0.29, 0.717) is 17.4 Å². The Labute approximate surface area is 450 Å². The second kappa shape index (κ2) is 55.2. The van der Waals surface area contributed by atoms with Crippen LogP contribution in [0.15, 0.2) is 60.8 Å². The highest BCUT2D eigenvalue weighted by atomic mass is 16.7. The van der Waals surface area contributed by atoms with Crippen molar-refractivity contribution in [3.63, 3.8) is 0 Å². The van der Waals surface area contributed by atoms with Crippen molar-refractivity contribution in [2.24, 2.45) is 0 Å². The average molecular weight is 1030 g/mol. The van der Waals surface area contributed by atoms with E-state index in [9.17, 15) is 19.5 Å². The maximum atomic E-state index is 12.8. The Morgan fingerprint density at radius 2 is 0.781 bits per heavy atom. The van der Waals surface area contributed by atoms with Crippen molar-refractivity contribution >= 4 is 17.9 Å². The molecule has 0 aromatic heterocycles. The van der Waals surface area contributed by atoms with E-state index in [1.165, 1.54) is 154 Å². The van der Waals surface area contributed by atoms with Crippen LogP contribution in [0.3, 0.4) is 0 Å². The van der Waals surface area contributed by atoms with E-state index in [4.69, 9.17) is 18.9 Å². The fraction of sp³-hybridized carbons (Fsp3) is 0.797. The number of likely N-dealkylation sites (N-methyl/N-ethyl adjacent to an activating group) is 1. The van der Waals surface area contributed by atoms with E-state index < -0.39 is 24.3 Å². The van der Waals surface area contributed by atoms with Gasteiger partial charge in [0.25, 0.3) is 0 Å². The van der Waals surface area contributed by atoms with E-state index in [1.54, 1.807) is 0 Å². The van der Waals surface area contributed by atoms with Crippen LogP contribution in [0.5, 0.6) is 0 Å². The summed E-state index contributed by atoms with van der Waals surface area (Å²) >= 11 is 0. The Hall–Kier alpha value is -3.01. The van der Waals surface area contributed by atoms with E-state index in [0.717, 1.165) is 83.5 Å². The van der Waals surface area contributed by atoms with Gasteiger partial charge in [0.05, 0.1) is 40.3 Å². The summed E-state index contributed by atoms with van der Waals surface area (Å²) in [6.07, 6.45) is 67.4. The minimum absolute atomic E-state index is 0.147. The number of esters is 2. The number of aliphatic carboxylic acids is 1. The molecule has 0 bridgehead atoms. The van der Waals surface area contributed by atoms with Crippen LogP contribution >= 0.6 is 0 Å². The predicted octanol–water partition coefficient (Wildman–Crippen LogP) is 16.7. The largest absolute Gasteiger partial charge is 0.545 e. The van der Waals surface area contributed by atoms with Crippen LogP contribution in [0.2, 0.25) is 0 Å². The first-order valence-corrected chi connectivity index (χ1v) is 30.4. The lowest BCUT2D eigenvalue weighted by Crippen LogP contribution is -2.44. The average Bonchev–Trinajstić information content (AvgIpc) is 3.36. The van der Waals surface area contributed by atoms with Gasteiger partial charge in [-0.25, -0.2) is 0 Å². The van der Waals surface area contributed by atoms with Crippen molar-refractivity contribution < 1.29 is 42.9 Å². The molecule has 0 aliphatic carbocycles. The summed E-state index contributed by atoms with van der Waals surface area (Å²) in [4.78, 5) is 37.1. The Bertz CT molecular complexity index is 1380. The van der Waals surface area contributed by atoms with Crippen molar-refractivity contribution in [1.29, 1.82) is 0 Å². The number of carboxylic acids is 1. The van der Waals surface area contributed by atoms with Gasteiger partial charge in [-0.1, -0.05) is 248 Å². The molecule has 424 valence electrons. The van der Waals surface area contributed by atoms with Gasteiger partial charge in [0.2, 0.25) is 0 Å². The highest BCUT2D eigenvalue weighted by molar-refractivity contribution is 5.70. The van der Waals surface area contributed by atoms with Crippen LogP contribution in [0.4, 0.5) is 0 Å². The van der Waals surface area contributed by atoms with Crippen LogP contribution < -0.4 is 5.11 Å². The van der Waals surface area contributed by atoms with Crippen LogP contribution in [0, 0.1) is 0 Å². The quantitative estimate of drug-likeness (QED) is 0.0195. The van der Waals surface area contributed by atoms with E-state index in [-0.39, 0.29) is 38.6 Å². The molecular weight excluding hydrogens is 911 g/mol. The highest BCUT2D eigenvalue weighted by Crippen LogP contribution is 2.17. The summed E-state index contributed by atoms with van der Waals surface area (Å²) in [5, 5.41) is 11.7. The molecule has 0 aromatic carbocycles. The van der Waals surface area contributed by atoms with Crippen LogP contribution in [-0.2, 0) is 33.3 Å². The zero-order valence-electron chi connectivity index (χ0n) is 48.3. The van der Waals surface area contributed by atoms with Crippen molar-refractivity contribution in [2.75, 3.05) is 47.5 Å². The third-order valence-electron chi connectivity index (χ3n) is 13.2. The molecule has 0 aliphatic rings. The molecule has 0 aliphatic heterocycles. The Balaban J connectivity index is 3.94. The van der Waals surface area contributed by atoms with Crippen LogP contribution in [-0.4, -0.2) is 82.3 Å². The number of allylic oxidation sites excluding steroid dienone is 10. The number of hydrogen-bond acceptors (Lipinski definition) is 8. The van der Waals surface area contributed by atoms with Gasteiger partial charge in [-0.05, 0) is 70.6 Å². The van der Waals surface area contributed by atoms with Gasteiger partial charge in [-0.15, -0.1) is 0 Å². The van der Waals surface area contributed by atoms with E-state index >= 15 is 0 Å². The zero-order valence-corrected chi connectivity index (χ0v) is 48.3. The number of carbonyl (C=O) groups is 3. The predicted molar refractivity (Wildman–Crippen MR) is 306 cm³/mol. The number of carbonyl (C=O) groups excluding carboxylic acids is 3. The lowest BCUT2D eigenvalue weighted by molar-refractivity contribution is -0.870. The second-order valence-electron chi connectivity index (χ2n) is 21.6. The molecule has 73 heavy (non-hydrogen) atoms. The molecular formula is C64H115NO8. The number of quaternary nitrogens is 1. The van der Waals surface area contributed by atoms with E-state index in [1.807, 2.05) is 21.1 Å². The summed E-state index contributed by atoms with van der Waals surface area (Å²) in [7, 11) is 5.92. The monoisotopic (exact) mass is 1030 g/mol. The first-order valence-electron chi connectivity index (χ1n) is 30.4. The van der Waals surface area contributed by atoms with Crippen molar-refractivity contribution in [3.8, 4) is 0 Å². The van der Waals surface area contributed by atoms with Gasteiger partial charge in [0.1, 0.15) is 13.2 Å². The van der Waals surface area contributed by atoms with Gasteiger partial charge in [-0.2, -0.15) is 0 Å². The van der Waals surface area contributed by atoms with Gasteiger partial charge >= 0.3 is 11.9 Å². The van der Waals surface area contributed by atoms with Gasteiger partial charge < -0.3 is 33.3 Å². The normalized spacial score (nSPS) is 13.2. The number of carboxylic acid groups (broad SMARTS) is 1. The number of hydrogen-bond donors (Lipinski definition) is 0. The second-order valence-corrected chi connectivity index (χ2v) is 21.6. The summed E-state index contributed by atoms with van der Waals surface area (Å²) in [6.45, 7) is 4.60. The molecule has 0 radical (unpaired) electrons. The Kier molecular flexibility index (Phi) is 53.0. The van der Waals surface area contributed by atoms with Crippen molar-refractivity contribution in [2.45, 2.75) is 283 Å². The molecule has 0 rings (SSSR count). The van der Waals surface area contributed by atoms with Gasteiger partial charge in [0.15, 0.2) is 12.4 Å². The Morgan fingerprint density at radius 3 is 1.18 bits per heavy atom. The molecule has 2 atom stereocenters. The standard InChI is InChI=1S/C64H115NO8/c1-6-8-10-12-14-16-18-19-20-21-22-23-24-25-26-27-28-29-30-31-32-33-34-35-36-37-38-39-40-41-42-43-45-47-49-51-53-55-62(67)73-60(59-72-64(63(68)69)70-57-56-65(3,4)5)58-71-61(66)54-52-50-48-46-44-17-15-13-11-9-7-2/h8,10,13-16,19-20,22-23,60,64H,6-7,9,11-12,17-18,21,24-59H2,1-5H3/b10-8-,15-13-,16-14-,20-19-,23-22-. The minimum atomic E-state index is -1.62. The van der Waals surface area contributed by atoms with Crippen LogP contribution in [0.25, 0.3) is 0 Å². The first kappa shape index (κ1) is 70.0. The van der Waals surface area contributed by atoms with Gasteiger partial charge in [0, 0.05) is 12.8 Å². The Morgan fingerprint density at radius 1 is 0.425 bits per heavy atom. The van der Waals surface area contributed by atoms with Crippen molar-refractivity contribution in [3.05, 3.63) is 60.8 Å². The lowest BCUT2D eigenvalue weighted by atomic mass is 10.0. The topological polar surface area (TPSA) is 111 Å². The molecule has 9 nitrogen and oxygen atoms in total.